The summed E-state index contributed by atoms with van der Waals surface area (Å²) in [7, 11) is 0. The minimum Gasteiger partial charge on any atom is -0.322 e. The molecule has 0 aliphatic carbocycles. The molecule has 1 unspecified atom stereocenters. The van der Waals surface area contributed by atoms with E-state index < -0.39 is 0 Å². The van der Waals surface area contributed by atoms with Crippen molar-refractivity contribution in [3.8, 4) is 0 Å². The van der Waals surface area contributed by atoms with E-state index in [-0.39, 0.29) is 11.8 Å². The van der Waals surface area contributed by atoms with Gasteiger partial charge in [-0.1, -0.05) is 6.07 Å². The fourth-order valence-corrected chi connectivity index (χ4v) is 2.72. The Bertz CT molecular complexity index is 779. The summed E-state index contributed by atoms with van der Waals surface area (Å²) in [5.74, 6) is -0.0843. The Morgan fingerprint density at radius 1 is 1.35 bits per heavy atom. The average Bonchev–Trinajstić information content (AvgIpc) is 2.96. The van der Waals surface area contributed by atoms with Gasteiger partial charge < -0.3 is 5.73 Å². The van der Waals surface area contributed by atoms with Crippen LogP contribution in [0.4, 0.5) is 0 Å². The molecular weight excluding hydrogens is 270 g/mol. The average molecular weight is 283 g/mol. The number of nitrogens with two attached hydrogens (primary N) is 1. The highest BCUT2D eigenvalue weighted by Crippen LogP contribution is 2.20. The summed E-state index contributed by atoms with van der Waals surface area (Å²) in [4.78, 5) is 20.9. The van der Waals surface area contributed by atoms with E-state index in [2.05, 4.69) is 9.97 Å². The van der Waals surface area contributed by atoms with Crippen molar-refractivity contribution in [1.29, 1.82) is 0 Å². The minimum atomic E-state index is -0.151. The molecule has 0 fully saturated rings. The fraction of sp³-hybridized carbons (Fsp3) is 0.133. The summed E-state index contributed by atoms with van der Waals surface area (Å²) >= 11 is 1.41. The molecule has 3 aromatic rings. The Morgan fingerprint density at radius 2 is 2.20 bits per heavy atom. The number of carbonyl (C=O) groups is 1. The van der Waals surface area contributed by atoms with Crippen LogP contribution >= 0.6 is 11.3 Å². The second-order valence-corrected chi connectivity index (χ2v) is 5.49. The third kappa shape index (κ3) is 2.33. The van der Waals surface area contributed by atoms with E-state index >= 15 is 0 Å². The number of fused-ring (bicyclic) bond motifs is 1. The molecule has 1 atom stereocenters. The van der Waals surface area contributed by atoms with E-state index in [9.17, 15) is 4.79 Å². The summed E-state index contributed by atoms with van der Waals surface area (Å²) < 4.78 is 0. The number of hydrogen-bond acceptors (Lipinski definition) is 5. The molecule has 2 N–H and O–H groups in total. The number of nitrogens with zero attached hydrogens (tertiary/aromatic N) is 2. The number of thiazole rings is 1. The minimum absolute atomic E-state index is 0.0843. The van der Waals surface area contributed by atoms with Crippen molar-refractivity contribution in [2.24, 2.45) is 5.73 Å². The molecule has 0 amide bonds. The van der Waals surface area contributed by atoms with Gasteiger partial charge in [-0.25, -0.2) is 4.98 Å². The lowest BCUT2D eigenvalue weighted by atomic mass is 10.1. The zero-order valence-electron chi connectivity index (χ0n) is 10.9. The van der Waals surface area contributed by atoms with Crippen LogP contribution in [-0.2, 0) is 0 Å². The van der Waals surface area contributed by atoms with Gasteiger partial charge >= 0.3 is 0 Å². The molecule has 100 valence electrons. The number of pyridine rings is 1. The van der Waals surface area contributed by atoms with E-state index in [1.165, 1.54) is 11.3 Å². The molecule has 2 heterocycles. The lowest BCUT2D eigenvalue weighted by Crippen LogP contribution is -2.06. The first kappa shape index (κ1) is 12.9. The SMILES string of the molecule is CC(N)c1nc(C(=O)c2ccc3ncccc3c2)cs1. The molecule has 0 saturated heterocycles. The first-order valence-corrected chi connectivity index (χ1v) is 7.13. The van der Waals surface area contributed by atoms with Gasteiger partial charge in [-0.3, -0.25) is 9.78 Å². The molecule has 0 saturated carbocycles. The molecule has 0 aliphatic rings. The number of carbonyl (C=O) groups excluding carboxylic acids is 1. The van der Waals surface area contributed by atoms with Crippen molar-refractivity contribution < 1.29 is 4.79 Å². The smallest absolute Gasteiger partial charge is 0.212 e. The zero-order valence-corrected chi connectivity index (χ0v) is 11.7. The summed E-state index contributed by atoms with van der Waals surface area (Å²) in [6, 6.07) is 9.11. The summed E-state index contributed by atoms with van der Waals surface area (Å²) in [5, 5.41) is 3.48. The van der Waals surface area contributed by atoms with Crippen LogP contribution in [0.2, 0.25) is 0 Å². The van der Waals surface area contributed by atoms with Crippen LogP contribution in [0.1, 0.15) is 34.0 Å². The van der Waals surface area contributed by atoms with Gasteiger partial charge in [0.2, 0.25) is 5.78 Å². The van der Waals surface area contributed by atoms with Crippen LogP contribution in [0.25, 0.3) is 10.9 Å². The highest BCUT2D eigenvalue weighted by atomic mass is 32.1. The molecule has 0 spiro atoms. The quantitative estimate of drug-likeness (QED) is 0.750. The van der Waals surface area contributed by atoms with Gasteiger partial charge in [0.15, 0.2) is 0 Å². The Morgan fingerprint density at radius 3 is 2.95 bits per heavy atom. The Hall–Kier alpha value is -2.11. The van der Waals surface area contributed by atoms with Crippen LogP contribution in [0.15, 0.2) is 41.9 Å². The van der Waals surface area contributed by atoms with Gasteiger partial charge in [-0.2, -0.15) is 0 Å². The van der Waals surface area contributed by atoms with E-state index in [0.29, 0.717) is 11.3 Å². The first-order chi connectivity index (χ1) is 9.65. The molecule has 0 bridgehead atoms. The van der Waals surface area contributed by atoms with E-state index in [1.807, 2.05) is 31.2 Å². The van der Waals surface area contributed by atoms with Crippen LogP contribution in [0, 0.1) is 0 Å². The van der Waals surface area contributed by atoms with Crippen LogP contribution < -0.4 is 5.73 Å². The van der Waals surface area contributed by atoms with Crippen molar-refractivity contribution in [2.75, 3.05) is 0 Å². The Labute approximate surface area is 120 Å². The number of hydrogen-bond donors (Lipinski definition) is 1. The van der Waals surface area contributed by atoms with Gasteiger partial charge in [0.05, 0.1) is 11.6 Å². The van der Waals surface area contributed by atoms with Crippen molar-refractivity contribution >= 4 is 28.0 Å². The Balaban J connectivity index is 1.98. The molecular formula is C15H13N3OS. The lowest BCUT2D eigenvalue weighted by molar-refractivity contribution is 0.103. The maximum Gasteiger partial charge on any atom is 0.212 e. The van der Waals surface area contributed by atoms with Crippen molar-refractivity contribution in [2.45, 2.75) is 13.0 Å². The van der Waals surface area contributed by atoms with Gasteiger partial charge in [0.1, 0.15) is 10.7 Å². The molecule has 2 aromatic heterocycles. The highest BCUT2D eigenvalue weighted by Gasteiger charge is 2.15. The van der Waals surface area contributed by atoms with Crippen LogP contribution in [-0.4, -0.2) is 15.8 Å². The maximum absolute atomic E-state index is 12.4. The molecule has 4 nitrogen and oxygen atoms in total. The van der Waals surface area contributed by atoms with Crippen LogP contribution in [0.5, 0.6) is 0 Å². The van der Waals surface area contributed by atoms with E-state index in [0.717, 1.165) is 15.9 Å². The topological polar surface area (TPSA) is 68.9 Å². The third-order valence-corrected chi connectivity index (χ3v) is 4.05. The number of aromatic nitrogens is 2. The fourth-order valence-electron chi connectivity index (χ4n) is 1.97. The third-order valence-electron chi connectivity index (χ3n) is 3.01. The van der Waals surface area contributed by atoms with Gasteiger partial charge in [-0.05, 0) is 31.2 Å². The molecule has 5 heteroatoms. The second-order valence-electron chi connectivity index (χ2n) is 4.60. The van der Waals surface area contributed by atoms with Gasteiger partial charge in [0.25, 0.3) is 0 Å². The van der Waals surface area contributed by atoms with Gasteiger partial charge in [-0.15, -0.1) is 11.3 Å². The van der Waals surface area contributed by atoms with E-state index in [1.54, 1.807) is 17.6 Å². The highest BCUT2D eigenvalue weighted by molar-refractivity contribution is 7.09. The molecule has 0 aliphatic heterocycles. The summed E-state index contributed by atoms with van der Waals surface area (Å²) in [6.07, 6.45) is 1.74. The standard InChI is InChI=1S/C15H13N3OS/c1-9(16)15-18-13(8-20-15)14(19)11-4-5-12-10(7-11)3-2-6-17-12/h2-9H,16H2,1H3. The number of benzene rings is 1. The first-order valence-electron chi connectivity index (χ1n) is 6.25. The predicted molar refractivity (Wildman–Crippen MR) is 79.9 cm³/mol. The van der Waals surface area contributed by atoms with Crippen molar-refractivity contribution in [3.63, 3.8) is 0 Å². The number of rotatable bonds is 3. The zero-order chi connectivity index (χ0) is 14.1. The summed E-state index contributed by atoms with van der Waals surface area (Å²) in [5.41, 5.74) is 7.71. The summed E-state index contributed by atoms with van der Waals surface area (Å²) in [6.45, 7) is 1.86. The molecule has 1 aromatic carbocycles. The second kappa shape index (κ2) is 5.11. The monoisotopic (exact) mass is 283 g/mol. The Kier molecular flexibility index (Phi) is 3.30. The normalized spacial score (nSPS) is 12.5. The predicted octanol–water partition coefficient (Wildman–Crippen LogP) is 2.94. The van der Waals surface area contributed by atoms with Crippen molar-refractivity contribution in [3.05, 3.63) is 58.2 Å². The lowest BCUT2D eigenvalue weighted by Gasteiger charge is -2.01. The molecule has 3 rings (SSSR count). The van der Waals surface area contributed by atoms with Gasteiger partial charge in [0, 0.05) is 22.5 Å². The van der Waals surface area contributed by atoms with Crippen molar-refractivity contribution in [1.82, 2.24) is 9.97 Å². The molecule has 20 heavy (non-hydrogen) atoms. The van der Waals surface area contributed by atoms with E-state index in [4.69, 9.17) is 5.73 Å². The molecule has 0 radical (unpaired) electrons. The largest absolute Gasteiger partial charge is 0.322 e. The van der Waals surface area contributed by atoms with Crippen LogP contribution in [0.3, 0.4) is 0 Å². The number of ketones is 1. The maximum atomic E-state index is 12.4.